The van der Waals surface area contributed by atoms with Gasteiger partial charge in [-0.05, 0) is 19.8 Å². The highest BCUT2D eigenvalue weighted by Crippen LogP contribution is 2.10. The van der Waals surface area contributed by atoms with Gasteiger partial charge in [-0.3, -0.25) is 4.79 Å². The molecule has 0 aromatic heterocycles. The number of amides is 1. The Balaban J connectivity index is 2.36. The average molecular weight is 157 g/mol. The van der Waals surface area contributed by atoms with E-state index in [4.69, 9.17) is 5.11 Å². The summed E-state index contributed by atoms with van der Waals surface area (Å²) in [5.74, 6) is 0.192. The monoisotopic (exact) mass is 157 g/mol. The lowest BCUT2D eigenvalue weighted by Gasteiger charge is -2.27. The van der Waals surface area contributed by atoms with Crippen molar-refractivity contribution in [1.29, 1.82) is 0 Å². The van der Waals surface area contributed by atoms with Crippen molar-refractivity contribution in [1.82, 2.24) is 4.90 Å². The van der Waals surface area contributed by atoms with Gasteiger partial charge in [0, 0.05) is 19.5 Å². The third kappa shape index (κ3) is 2.50. The summed E-state index contributed by atoms with van der Waals surface area (Å²) in [6, 6.07) is 0. The van der Waals surface area contributed by atoms with Crippen LogP contribution in [0.5, 0.6) is 0 Å². The Morgan fingerprint density at radius 3 is 2.91 bits per heavy atom. The van der Waals surface area contributed by atoms with Crippen molar-refractivity contribution in [3.8, 4) is 0 Å². The molecule has 1 fully saturated rings. The van der Waals surface area contributed by atoms with Gasteiger partial charge in [0.05, 0.1) is 6.10 Å². The molecule has 1 atom stereocenters. The summed E-state index contributed by atoms with van der Waals surface area (Å²) in [6.45, 7) is 3.03. The molecule has 0 radical (unpaired) electrons. The summed E-state index contributed by atoms with van der Waals surface area (Å²) in [7, 11) is 0. The zero-order chi connectivity index (χ0) is 8.27. The lowest BCUT2D eigenvalue weighted by molar-refractivity contribution is -0.134. The predicted octanol–water partition coefficient (Wildman–Crippen LogP) is 0.380. The molecule has 11 heavy (non-hydrogen) atoms. The van der Waals surface area contributed by atoms with Crippen molar-refractivity contribution >= 4 is 5.91 Å². The summed E-state index contributed by atoms with van der Waals surface area (Å²) in [5.41, 5.74) is 0. The Labute approximate surface area is 67.0 Å². The lowest BCUT2D eigenvalue weighted by Crippen LogP contribution is -2.39. The second-order valence-corrected chi connectivity index (χ2v) is 3.15. The average Bonchev–Trinajstić information content (AvgIpc) is 1.93. The molecular weight excluding hydrogens is 142 g/mol. The van der Waals surface area contributed by atoms with Crippen LogP contribution in [0.1, 0.15) is 26.2 Å². The normalized spacial score (nSPS) is 22.0. The highest BCUT2D eigenvalue weighted by molar-refractivity contribution is 5.76. The molecule has 0 spiro atoms. The van der Waals surface area contributed by atoms with E-state index in [1.165, 1.54) is 0 Å². The topological polar surface area (TPSA) is 40.5 Å². The van der Waals surface area contributed by atoms with E-state index in [-0.39, 0.29) is 5.91 Å². The number of aliphatic hydroxyl groups is 1. The molecule has 64 valence electrons. The van der Waals surface area contributed by atoms with E-state index in [2.05, 4.69) is 0 Å². The molecule has 1 rings (SSSR count). The third-order valence-electron chi connectivity index (χ3n) is 1.91. The predicted molar refractivity (Wildman–Crippen MR) is 42.1 cm³/mol. The Kier molecular flexibility index (Phi) is 2.88. The first-order chi connectivity index (χ1) is 5.20. The van der Waals surface area contributed by atoms with Crippen molar-refractivity contribution < 1.29 is 9.90 Å². The SMILES string of the molecule is C[C@H](O)CN1CCCCC1=O. The Morgan fingerprint density at radius 1 is 1.64 bits per heavy atom. The molecule has 0 aliphatic carbocycles. The molecule has 0 aromatic rings. The van der Waals surface area contributed by atoms with Crippen LogP contribution in [0.4, 0.5) is 0 Å². The fourth-order valence-corrected chi connectivity index (χ4v) is 1.37. The second-order valence-electron chi connectivity index (χ2n) is 3.15. The van der Waals surface area contributed by atoms with E-state index >= 15 is 0 Å². The van der Waals surface area contributed by atoms with Crippen LogP contribution in [0, 0.1) is 0 Å². The molecule has 1 N–H and O–H groups in total. The molecule has 1 heterocycles. The molecule has 3 heteroatoms. The molecule has 1 aliphatic rings. The molecule has 0 bridgehead atoms. The van der Waals surface area contributed by atoms with Gasteiger partial charge in [-0.1, -0.05) is 0 Å². The highest BCUT2D eigenvalue weighted by Gasteiger charge is 2.18. The molecule has 1 amide bonds. The van der Waals surface area contributed by atoms with Crippen molar-refractivity contribution in [2.45, 2.75) is 32.3 Å². The number of carbonyl (C=O) groups is 1. The summed E-state index contributed by atoms with van der Waals surface area (Å²) in [6.07, 6.45) is 2.36. The molecule has 3 nitrogen and oxygen atoms in total. The molecule has 0 saturated carbocycles. The molecule has 1 aliphatic heterocycles. The van der Waals surface area contributed by atoms with Gasteiger partial charge in [0.15, 0.2) is 0 Å². The molecular formula is C8H15NO2. The standard InChI is InChI=1S/C8H15NO2/c1-7(10)6-9-5-3-2-4-8(9)11/h7,10H,2-6H2,1H3/t7-/m0/s1. The van der Waals surface area contributed by atoms with Crippen molar-refractivity contribution in [3.63, 3.8) is 0 Å². The van der Waals surface area contributed by atoms with Gasteiger partial charge < -0.3 is 10.0 Å². The smallest absolute Gasteiger partial charge is 0.222 e. The molecule has 0 aromatic carbocycles. The number of piperidine rings is 1. The van der Waals surface area contributed by atoms with Crippen LogP contribution < -0.4 is 0 Å². The van der Waals surface area contributed by atoms with Crippen molar-refractivity contribution in [2.75, 3.05) is 13.1 Å². The van der Waals surface area contributed by atoms with E-state index in [1.807, 2.05) is 0 Å². The first-order valence-corrected chi connectivity index (χ1v) is 4.16. The van der Waals surface area contributed by atoms with Crippen LogP contribution in [-0.4, -0.2) is 35.1 Å². The van der Waals surface area contributed by atoms with E-state index in [0.29, 0.717) is 13.0 Å². The quantitative estimate of drug-likeness (QED) is 0.629. The van der Waals surface area contributed by atoms with Crippen molar-refractivity contribution in [3.05, 3.63) is 0 Å². The molecule has 0 unspecified atom stereocenters. The number of nitrogens with zero attached hydrogens (tertiary/aromatic N) is 1. The summed E-state index contributed by atoms with van der Waals surface area (Å²) in [5, 5.41) is 9.03. The minimum atomic E-state index is -0.392. The maximum Gasteiger partial charge on any atom is 0.222 e. The largest absolute Gasteiger partial charge is 0.392 e. The lowest BCUT2D eigenvalue weighted by atomic mass is 10.1. The van der Waals surface area contributed by atoms with Gasteiger partial charge in [-0.15, -0.1) is 0 Å². The van der Waals surface area contributed by atoms with Crippen LogP contribution in [0.25, 0.3) is 0 Å². The maximum absolute atomic E-state index is 11.1. The Morgan fingerprint density at radius 2 is 2.36 bits per heavy atom. The number of hydrogen-bond acceptors (Lipinski definition) is 2. The van der Waals surface area contributed by atoms with Gasteiger partial charge in [0.1, 0.15) is 0 Å². The van der Waals surface area contributed by atoms with Crippen molar-refractivity contribution in [2.24, 2.45) is 0 Å². The summed E-state index contributed by atoms with van der Waals surface area (Å²) >= 11 is 0. The van der Waals surface area contributed by atoms with Crippen LogP contribution in [0.2, 0.25) is 0 Å². The van der Waals surface area contributed by atoms with Crippen LogP contribution in [-0.2, 0) is 4.79 Å². The third-order valence-corrected chi connectivity index (χ3v) is 1.91. The van der Waals surface area contributed by atoms with Gasteiger partial charge in [0.2, 0.25) is 5.91 Å². The number of β-amino-alcohol motifs (C(OH)–C–C–N with tert-alkyl or cyclic N) is 1. The summed E-state index contributed by atoms with van der Waals surface area (Å²) in [4.78, 5) is 12.9. The van der Waals surface area contributed by atoms with Gasteiger partial charge in [-0.25, -0.2) is 0 Å². The molecule has 1 saturated heterocycles. The Hall–Kier alpha value is -0.570. The van der Waals surface area contributed by atoms with Gasteiger partial charge in [-0.2, -0.15) is 0 Å². The van der Waals surface area contributed by atoms with Crippen LogP contribution >= 0.6 is 0 Å². The number of carbonyl (C=O) groups excluding carboxylic acids is 1. The minimum absolute atomic E-state index is 0.192. The second kappa shape index (κ2) is 3.72. The van der Waals surface area contributed by atoms with Gasteiger partial charge in [0.25, 0.3) is 0 Å². The van der Waals surface area contributed by atoms with E-state index in [1.54, 1.807) is 11.8 Å². The first kappa shape index (κ1) is 8.53. The maximum atomic E-state index is 11.1. The highest BCUT2D eigenvalue weighted by atomic mass is 16.3. The van der Waals surface area contributed by atoms with E-state index in [9.17, 15) is 4.79 Å². The number of hydrogen-bond donors (Lipinski definition) is 1. The number of aliphatic hydroxyl groups excluding tert-OH is 1. The summed E-state index contributed by atoms with van der Waals surface area (Å²) < 4.78 is 0. The number of rotatable bonds is 2. The zero-order valence-electron chi connectivity index (χ0n) is 6.92. The van der Waals surface area contributed by atoms with E-state index < -0.39 is 6.10 Å². The fourth-order valence-electron chi connectivity index (χ4n) is 1.37. The zero-order valence-corrected chi connectivity index (χ0v) is 6.92. The fraction of sp³-hybridized carbons (Fsp3) is 0.875. The van der Waals surface area contributed by atoms with E-state index in [0.717, 1.165) is 19.4 Å². The Bertz CT molecular complexity index is 145. The minimum Gasteiger partial charge on any atom is -0.392 e. The number of likely N-dealkylation sites (tertiary alicyclic amines) is 1. The van der Waals surface area contributed by atoms with Crippen LogP contribution in [0.3, 0.4) is 0 Å². The van der Waals surface area contributed by atoms with Gasteiger partial charge >= 0.3 is 0 Å². The first-order valence-electron chi connectivity index (χ1n) is 4.16. The van der Waals surface area contributed by atoms with Crippen LogP contribution in [0.15, 0.2) is 0 Å².